The van der Waals surface area contributed by atoms with E-state index in [1.807, 2.05) is 4.90 Å². The predicted molar refractivity (Wildman–Crippen MR) is 106 cm³/mol. The fourth-order valence-electron chi connectivity index (χ4n) is 3.43. The van der Waals surface area contributed by atoms with Gasteiger partial charge in [0.1, 0.15) is 11.5 Å². The highest BCUT2D eigenvalue weighted by Crippen LogP contribution is 2.32. The van der Waals surface area contributed by atoms with Gasteiger partial charge in [-0.15, -0.1) is 0 Å². The number of nitrogens with one attached hydrogen (secondary N) is 1. The van der Waals surface area contributed by atoms with Crippen LogP contribution in [0.3, 0.4) is 0 Å². The van der Waals surface area contributed by atoms with E-state index in [2.05, 4.69) is 22.2 Å². The van der Waals surface area contributed by atoms with Crippen molar-refractivity contribution in [2.24, 2.45) is 5.92 Å². The molecule has 9 heteroatoms. The summed E-state index contributed by atoms with van der Waals surface area (Å²) in [5.41, 5.74) is 0.870. The van der Waals surface area contributed by atoms with Gasteiger partial charge in [0.05, 0.1) is 13.0 Å². The summed E-state index contributed by atoms with van der Waals surface area (Å²) in [6, 6.07) is 4.02. The van der Waals surface area contributed by atoms with Crippen LogP contribution >= 0.6 is 0 Å². The number of amides is 1. The van der Waals surface area contributed by atoms with Crippen LogP contribution in [0, 0.1) is 5.92 Å². The van der Waals surface area contributed by atoms with Crippen LogP contribution in [-0.4, -0.2) is 34.1 Å². The van der Waals surface area contributed by atoms with Crippen LogP contribution in [0.1, 0.15) is 42.1 Å². The molecule has 0 unspecified atom stereocenters. The number of aromatic nitrogens is 2. The average Bonchev–Trinajstić information content (AvgIpc) is 2.72. The fourth-order valence-corrected chi connectivity index (χ4v) is 3.43. The minimum atomic E-state index is -4.52. The Morgan fingerprint density at radius 3 is 2.60 bits per heavy atom. The minimum absolute atomic E-state index is 0.0610. The number of aliphatic hydroxyl groups is 1. The zero-order chi connectivity index (χ0) is 21.7. The maximum atomic E-state index is 13.2. The lowest BCUT2D eigenvalue weighted by atomic mass is 9.99. The van der Waals surface area contributed by atoms with Crippen LogP contribution < -0.4 is 10.2 Å². The van der Waals surface area contributed by atoms with Crippen molar-refractivity contribution in [3.8, 4) is 0 Å². The number of hydrogen-bond donors (Lipinski definition) is 2. The zero-order valence-electron chi connectivity index (χ0n) is 16.7. The Balaban J connectivity index is 1.73. The number of carbonyl (C=O) groups excluding carboxylic acids is 1. The first-order chi connectivity index (χ1) is 14.3. The number of pyridine rings is 2. The molecule has 0 saturated carbocycles. The van der Waals surface area contributed by atoms with Gasteiger partial charge in [0.15, 0.2) is 0 Å². The minimum Gasteiger partial charge on any atom is -0.392 e. The summed E-state index contributed by atoms with van der Waals surface area (Å²) in [5, 5.41) is 11.9. The number of nitrogens with zero attached hydrogens (tertiary/aromatic N) is 3. The number of halogens is 3. The quantitative estimate of drug-likeness (QED) is 0.748. The van der Waals surface area contributed by atoms with Gasteiger partial charge in [0.25, 0.3) is 0 Å². The van der Waals surface area contributed by atoms with E-state index in [9.17, 15) is 18.0 Å². The Morgan fingerprint density at radius 1 is 1.23 bits per heavy atom. The van der Waals surface area contributed by atoms with Crippen molar-refractivity contribution < 1.29 is 23.1 Å². The third-order valence-electron chi connectivity index (χ3n) is 5.20. The monoisotopic (exact) mass is 422 g/mol. The molecule has 2 aromatic rings. The lowest BCUT2D eigenvalue weighted by Crippen LogP contribution is -2.35. The molecule has 1 aliphatic rings. The fraction of sp³-hybridized carbons (Fsp3) is 0.476. The van der Waals surface area contributed by atoms with E-state index in [1.54, 1.807) is 12.3 Å². The normalized spacial score (nSPS) is 15.3. The molecule has 1 saturated heterocycles. The number of anilines is 1. The first-order valence-corrected chi connectivity index (χ1v) is 9.88. The second-order valence-corrected chi connectivity index (χ2v) is 7.66. The van der Waals surface area contributed by atoms with Crippen LogP contribution in [0.4, 0.5) is 19.0 Å². The second-order valence-electron chi connectivity index (χ2n) is 7.66. The molecular weight excluding hydrogens is 397 g/mol. The largest absolute Gasteiger partial charge is 0.433 e. The van der Waals surface area contributed by atoms with Crippen molar-refractivity contribution in [2.75, 3.05) is 18.0 Å². The van der Waals surface area contributed by atoms with Crippen LogP contribution in [0.15, 0.2) is 30.6 Å². The van der Waals surface area contributed by atoms with Crippen molar-refractivity contribution in [1.82, 2.24) is 15.3 Å². The van der Waals surface area contributed by atoms with Gasteiger partial charge < -0.3 is 15.3 Å². The summed E-state index contributed by atoms with van der Waals surface area (Å²) >= 11 is 0. The molecule has 0 aromatic carbocycles. The number of carbonyl (C=O) groups is 1. The van der Waals surface area contributed by atoms with Crippen molar-refractivity contribution in [3.63, 3.8) is 0 Å². The van der Waals surface area contributed by atoms with Crippen LogP contribution in [0.25, 0.3) is 0 Å². The standard InChI is InChI=1S/C21H25F3N4O2/c1-14-4-6-28(7-5-14)20-17(2-3-18(27-20)21(22,23)24)12-26-19(30)9-15-8-16(13-29)11-25-10-15/h2-3,8,10-11,14,29H,4-7,9,12-13H2,1H3,(H,26,30). The van der Waals surface area contributed by atoms with Crippen LogP contribution in [0.2, 0.25) is 0 Å². The Labute approximate surface area is 173 Å². The number of alkyl halides is 3. The van der Waals surface area contributed by atoms with E-state index in [4.69, 9.17) is 5.11 Å². The van der Waals surface area contributed by atoms with E-state index < -0.39 is 11.9 Å². The van der Waals surface area contributed by atoms with Crippen molar-refractivity contribution >= 4 is 11.7 Å². The number of hydrogen-bond acceptors (Lipinski definition) is 5. The zero-order valence-corrected chi connectivity index (χ0v) is 16.7. The van der Waals surface area contributed by atoms with Gasteiger partial charge in [-0.1, -0.05) is 13.0 Å². The molecule has 1 aliphatic heterocycles. The first-order valence-electron chi connectivity index (χ1n) is 9.88. The van der Waals surface area contributed by atoms with Crippen molar-refractivity contribution in [1.29, 1.82) is 0 Å². The smallest absolute Gasteiger partial charge is 0.392 e. The highest BCUT2D eigenvalue weighted by atomic mass is 19.4. The summed E-state index contributed by atoms with van der Waals surface area (Å²) in [4.78, 5) is 22.1. The molecule has 0 aliphatic carbocycles. The van der Waals surface area contributed by atoms with Crippen molar-refractivity contribution in [3.05, 3.63) is 53.0 Å². The highest BCUT2D eigenvalue weighted by molar-refractivity contribution is 5.78. The van der Waals surface area contributed by atoms with Gasteiger partial charge in [0, 0.05) is 37.6 Å². The molecule has 1 amide bonds. The molecule has 30 heavy (non-hydrogen) atoms. The van der Waals surface area contributed by atoms with E-state index in [1.165, 1.54) is 12.3 Å². The molecule has 0 radical (unpaired) electrons. The second kappa shape index (κ2) is 9.42. The molecule has 6 nitrogen and oxygen atoms in total. The Hall–Kier alpha value is -2.68. The summed E-state index contributed by atoms with van der Waals surface area (Å²) < 4.78 is 39.5. The molecule has 1 fully saturated rings. The van der Waals surface area contributed by atoms with Gasteiger partial charge in [-0.25, -0.2) is 4.98 Å². The van der Waals surface area contributed by atoms with Crippen LogP contribution in [-0.2, 0) is 30.5 Å². The number of rotatable bonds is 6. The lowest BCUT2D eigenvalue weighted by Gasteiger charge is -2.33. The summed E-state index contributed by atoms with van der Waals surface area (Å²) in [6.07, 6.45) is 0.366. The van der Waals surface area contributed by atoms with Crippen LogP contribution in [0.5, 0.6) is 0 Å². The van der Waals surface area contributed by atoms with Gasteiger partial charge in [0.2, 0.25) is 5.91 Å². The Morgan fingerprint density at radius 2 is 1.93 bits per heavy atom. The summed E-state index contributed by atoms with van der Waals surface area (Å²) in [7, 11) is 0. The first kappa shape index (κ1) is 22.0. The third-order valence-corrected chi connectivity index (χ3v) is 5.20. The van der Waals surface area contributed by atoms with Gasteiger partial charge in [-0.05, 0) is 42.0 Å². The highest BCUT2D eigenvalue weighted by Gasteiger charge is 2.34. The van der Waals surface area contributed by atoms with Gasteiger partial charge in [-0.2, -0.15) is 13.2 Å². The molecular formula is C21H25F3N4O2. The molecule has 3 heterocycles. The topological polar surface area (TPSA) is 78.4 Å². The van der Waals surface area contributed by atoms with E-state index in [-0.39, 0.29) is 31.3 Å². The molecule has 0 atom stereocenters. The van der Waals surface area contributed by atoms with Crippen molar-refractivity contribution in [2.45, 2.75) is 45.5 Å². The van der Waals surface area contributed by atoms with Gasteiger partial charge >= 0.3 is 6.18 Å². The van der Waals surface area contributed by atoms with E-state index in [0.29, 0.717) is 35.7 Å². The Kier molecular flexibility index (Phi) is 6.91. The lowest BCUT2D eigenvalue weighted by molar-refractivity contribution is -0.141. The predicted octanol–water partition coefficient (Wildman–Crippen LogP) is 3.08. The SMILES string of the molecule is CC1CCN(c2nc(C(F)(F)F)ccc2CNC(=O)Cc2cncc(CO)c2)CC1. The molecule has 3 rings (SSSR count). The Bertz CT molecular complexity index is 881. The number of piperidine rings is 1. The molecule has 0 spiro atoms. The molecule has 2 aromatic heterocycles. The summed E-state index contributed by atoms with van der Waals surface area (Å²) in [5.74, 6) is 0.518. The van der Waals surface area contributed by atoms with E-state index >= 15 is 0 Å². The van der Waals surface area contributed by atoms with Gasteiger partial charge in [-0.3, -0.25) is 9.78 Å². The summed E-state index contributed by atoms with van der Waals surface area (Å²) in [6.45, 7) is 3.31. The maximum absolute atomic E-state index is 13.2. The van der Waals surface area contributed by atoms with E-state index in [0.717, 1.165) is 18.9 Å². The average molecular weight is 422 g/mol. The third kappa shape index (κ3) is 5.69. The maximum Gasteiger partial charge on any atom is 0.433 e. The molecule has 0 bridgehead atoms. The molecule has 162 valence electrons. The number of aliphatic hydroxyl groups excluding tert-OH is 1. The molecule has 2 N–H and O–H groups in total.